The van der Waals surface area contributed by atoms with Gasteiger partial charge >= 0.3 is 0 Å². The number of nitrogens with zero attached hydrogens (tertiary/aromatic N) is 3. The van der Waals surface area contributed by atoms with E-state index in [-0.39, 0.29) is 12.5 Å². The molecule has 1 aliphatic rings. The summed E-state index contributed by atoms with van der Waals surface area (Å²) in [5.41, 5.74) is 10.3. The number of anilines is 1. The zero-order chi connectivity index (χ0) is 18.7. The molecule has 5 heteroatoms. The van der Waals surface area contributed by atoms with Crippen molar-refractivity contribution in [3.05, 3.63) is 52.8 Å². The van der Waals surface area contributed by atoms with E-state index < -0.39 is 0 Å². The molecular weight excluding hydrogens is 324 g/mol. The minimum absolute atomic E-state index is 0.0637. The van der Waals surface area contributed by atoms with Crippen LogP contribution < -0.4 is 5.73 Å². The van der Waals surface area contributed by atoms with Gasteiger partial charge in [0.05, 0.1) is 5.69 Å². The second-order valence-electron chi connectivity index (χ2n) is 7.38. The Hall–Kier alpha value is -2.74. The number of carbonyl (C=O) groups excluding carboxylic acids is 1. The number of nitrogen functional groups attached to an aromatic ring is 1. The quantitative estimate of drug-likeness (QED) is 0.920. The molecule has 3 rings (SSSR count). The van der Waals surface area contributed by atoms with Crippen LogP contribution in [0, 0.1) is 24.2 Å². The summed E-state index contributed by atoms with van der Waals surface area (Å²) in [7, 11) is 0. The molecule has 2 aromatic rings. The van der Waals surface area contributed by atoms with Gasteiger partial charge < -0.3 is 15.2 Å². The average molecular weight is 350 g/mol. The molecule has 136 valence electrons. The monoisotopic (exact) mass is 350 g/mol. The first kappa shape index (κ1) is 18.1. The molecular formula is C21H26N4O. The number of nitrogens with two attached hydrogens (primary N) is 1. The summed E-state index contributed by atoms with van der Waals surface area (Å²) in [6, 6.07) is 12.1. The molecule has 26 heavy (non-hydrogen) atoms. The smallest absolute Gasteiger partial charge is 0.242 e. The molecule has 0 aliphatic carbocycles. The molecule has 1 amide bonds. The fourth-order valence-electron chi connectivity index (χ4n) is 3.63. The van der Waals surface area contributed by atoms with Crippen LogP contribution in [0.4, 0.5) is 5.69 Å². The van der Waals surface area contributed by atoms with Crippen molar-refractivity contribution < 1.29 is 4.79 Å². The number of nitriles is 1. The summed E-state index contributed by atoms with van der Waals surface area (Å²) in [6.45, 7) is 6.00. The Kier molecular flexibility index (Phi) is 5.32. The Labute approximate surface area is 155 Å². The molecule has 0 bridgehead atoms. The van der Waals surface area contributed by atoms with Crippen LogP contribution in [0.15, 0.2) is 30.3 Å². The Morgan fingerprint density at radius 1 is 1.35 bits per heavy atom. The van der Waals surface area contributed by atoms with Gasteiger partial charge in [0.15, 0.2) is 0 Å². The first-order valence-corrected chi connectivity index (χ1v) is 9.19. The Morgan fingerprint density at radius 2 is 2.08 bits per heavy atom. The number of benzene rings is 1. The second-order valence-corrected chi connectivity index (χ2v) is 7.38. The molecule has 1 unspecified atom stereocenters. The number of aromatic nitrogens is 1. The molecule has 1 saturated heterocycles. The third kappa shape index (κ3) is 3.91. The first-order chi connectivity index (χ1) is 12.5. The van der Waals surface area contributed by atoms with Gasteiger partial charge in [-0.1, -0.05) is 36.8 Å². The normalized spacial score (nSPS) is 17.1. The van der Waals surface area contributed by atoms with E-state index in [0.717, 1.165) is 30.8 Å². The molecule has 5 nitrogen and oxygen atoms in total. The van der Waals surface area contributed by atoms with Crippen LogP contribution in [0.3, 0.4) is 0 Å². The van der Waals surface area contributed by atoms with E-state index in [0.29, 0.717) is 23.7 Å². The van der Waals surface area contributed by atoms with E-state index in [9.17, 15) is 10.1 Å². The van der Waals surface area contributed by atoms with Gasteiger partial charge in [-0.25, -0.2) is 0 Å². The minimum atomic E-state index is 0.0637. The summed E-state index contributed by atoms with van der Waals surface area (Å²) < 4.78 is 1.79. The highest BCUT2D eigenvalue weighted by Crippen LogP contribution is 2.23. The lowest BCUT2D eigenvalue weighted by Gasteiger charge is -2.31. The third-order valence-electron chi connectivity index (χ3n) is 5.15. The summed E-state index contributed by atoms with van der Waals surface area (Å²) in [6.07, 6.45) is 2.82. The molecule has 1 fully saturated rings. The molecule has 1 aromatic carbocycles. The lowest BCUT2D eigenvalue weighted by molar-refractivity contribution is -0.133. The highest BCUT2D eigenvalue weighted by atomic mass is 16.2. The van der Waals surface area contributed by atoms with Gasteiger partial charge in [-0.2, -0.15) is 5.26 Å². The van der Waals surface area contributed by atoms with Crippen molar-refractivity contribution >= 4 is 11.6 Å². The van der Waals surface area contributed by atoms with Crippen molar-refractivity contribution in [2.24, 2.45) is 5.92 Å². The van der Waals surface area contributed by atoms with Crippen LogP contribution in [0.25, 0.3) is 0 Å². The molecule has 0 spiro atoms. The van der Waals surface area contributed by atoms with Crippen molar-refractivity contribution in [3.63, 3.8) is 0 Å². The highest BCUT2D eigenvalue weighted by Gasteiger charge is 2.23. The third-order valence-corrected chi connectivity index (χ3v) is 5.15. The zero-order valence-corrected chi connectivity index (χ0v) is 15.5. The Bertz CT molecular complexity index is 829. The Balaban J connectivity index is 1.84. The predicted molar refractivity (Wildman–Crippen MR) is 103 cm³/mol. The van der Waals surface area contributed by atoms with Crippen LogP contribution in [0.2, 0.25) is 0 Å². The summed E-state index contributed by atoms with van der Waals surface area (Å²) in [5, 5.41) is 9.47. The topological polar surface area (TPSA) is 75.0 Å². The molecule has 0 radical (unpaired) electrons. The van der Waals surface area contributed by atoms with Gasteiger partial charge in [-0.3, -0.25) is 4.79 Å². The molecule has 1 aromatic heterocycles. The van der Waals surface area contributed by atoms with E-state index >= 15 is 0 Å². The van der Waals surface area contributed by atoms with Crippen molar-refractivity contribution in [2.75, 3.05) is 18.8 Å². The van der Waals surface area contributed by atoms with E-state index in [4.69, 9.17) is 5.73 Å². The fraction of sp³-hybridized carbons (Fsp3) is 0.429. The summed E-state index contributed by atoms with van der Waals surface area (Å²) in [4.78, 5) is 14.7. The molecule has 2 heterocycles. The van der Waals surface area contributed by atoms with E-state index in [1.54, 1.807) is 10.6 Å². The average Bonchev–Trinajstić information content (AvgIpc) is 2.92. The van der Waals surface area contributed by atoms with Crippen LogP contribution in [-0.2, 0) is 17.8 Å². The zero-order valence-electron chi connectivity index (χ0n) is 15.5. The van der Waals surface area contributed by atoms with Gasteiger partial charge in [-0.15, -0.1) is 0 Å². The number of rotatable bonds is 4. The van der Waals surface area contributed by atoms with Gasteiger partial charge in [0.1, 0.15) is 18.3 Å². The fourth-order valence-corrected chi connectivity index (χ4v) is 3.63. The number of amides is 1. The molecule has 2 N–H and O–H groups in total. The van der Waals surface area contributed by atoms with Crippen molar-refractivity contribution in [3.8, 4) is 6.07 Å². The number of hydrogen-bond donors (Lipinski definition) is 1. The lowest BCUT2D eigenvalue weighted by Crippen LogP contribution is -2.41. The first-order valence-electron chi connectivity index (χ1n) is 9.19. The van der Waals surface area contributed by atoms with Crippen molar-refractivity contribution in [1.82, 2.24) is 9.47 Å². The second kappa shape index (κ2) is 7.65. The number of carbonyl (C=O) groups is 1. The van der Waals surface area contributed by atoms with Crippen LogP contribution in [0.5, 0.6) is 0 Å². The number of likely N-dealkylation sites (tertiary alicyclic amines) is 1. The number of hydrogen-bond acceptors (Lipinski definition) is 3. The highest BCUT2D eigenvalue weighted by molar-refractivity contribution is 5.77. The molecule has 1 atom stereocenters. The van der Waals surface area contributed by atoms with Gasteiger partial charge in [0, 0.05) is 25.2 Å². The minimum Gasteiger partial charge on any atom is -0.397 e. The predicted octanol–water partition coefficient (Wildman–Crippen LogP) is 3.10. The number of piperidine rings is 1. The lowest BCUT2D eigenvalue weighted by atomic mass is 10.0. The molecule has 0 saturated carbocycles. The largest absolute Gasteiger partial charge is 0.397 e. The summed E-state index contributed by atoms with van der Waals surface area (Å²) >= 11 is 0. The van der Waals surface area contributed by atoms with Gasteiger partial charge in [-0.05, 0) is 37.3 Å². The maximum absolute atomic E-state index is 12.8. The SMILES string of the molecule is Cc1ccc(Cc2c(N)cc(C#N)n2CC(=O)N2CCCC(C)C2)cc1. The van der Waals surface area contributed by atoms with Crippen molar-refractivity contribution in [1.29, 1.82) is 5.26 Å². The van der Waals surface area contributed by atoms with Crippen LogP contribution in [0.1, 0.15) is 42.3 Å². The molecule has 1 aliphatic heterocycles. The number of aryl methyl sites for hydroxylation is 1. The van der Waals surface area contributed by atoms with Crippen LogP contribution >= 0.6 is 0 Å². The maximum Gasteiger partial charge on any atom is 0.242 e. The maximum atomic E-state index is 12.8. The Morgan fingerprint density at radius 3 is 2.73 bits per heavy atom. The van der Waals surface area contributed by atoms with Gasteiger partial charge in [0.25, 0.3) is 0 Å². The van der Waals surface area contributed by atoms with E-state index in [2.05, 4.69) is 37.3 Å². The van der Waals surface area contributed by atoms with E-state index in [1.165, 1.54) is 12.0 Å². The summed E-state index contributed by atoms with van der Waals surface area (Å²) in [5.74, 6) is 0.596. The van der Waals surface area contributed by atoms with Crippen molar-refractivity contribution in [2.45, 2.75) is 39.7 Å². The van der Waals surface area contributed by atoms with E-state index in [1.807, 2.05) is 11.8 Å². The standard InChI is InChI=1S/C21H26N4O/c1-15-5-7-17(8-6-15)10-20-19(23)11-18(12-22)25(20)14-21(26)24-9-3-4-16(2)13-24/h5-8,11,16H,3-4,9-10,13-14,23H2,1-2H3. The van der Waals surface area contributed by atoms with Gasteiger partial charge in [0.2, 0.25) is 5.91 Å². The van der Waals surface area contributed by atoms with Crippen LogP contribution in [-0.4, -0.2) is 28.5 Å².